The average molecular weight is 457 g/mol. The summed E-state index contributed by atoms with van der Waals surface area (Å²) in [5.41, 5.74) is -0.382. The molecule has 0 aliphatic carbocycles. The van der Waals surface area contributed by atoms with Gasteiger partial charge in [0.1, 0.15) is 24.3 Å². The lowest BCUT2D eigenvalue weighted by Crippen LogP contribution is -2.35. The highest BCUT2D eigenvalue weighted by Gasteiger charge is 2.30. The molecular weight excluding hydrogens is 438 g/mol. The van der Waals surface area contributed by atoms with Gasteiger partial charge in [0, 0.05) is 29.3 Å². The molecule has 2 aromatic carbocycles. The van der Waals surface area contributed by atoms with Crippen LogP contribution in [-0.4, -0.2) is 37.4 Å². The van der Waals surface area contributed by atoms with E-state index in [1.54, 1.807) is 12.1 Å². The number of halogens is 4. The van der Waals surface area contributed by atoms with Gasteiger partial charge in [-0.1, -0.05) is 6.07 Å². The van der Waals surface area contributed by atoms with Gasteiger partial charge in [0.05, 0.1) is 17.0 Å². The maximum absolute atomic E-state index is 14.2. The number of alkyl halides is 3. The third-order valence-electron chi connectivity index (χ3n) is 4.38. The van der Waals surface area contributed by atoms with Crippen molar-refractivity contribution in [3.63, 3.8) is 0 Å². The number of hydrogen-bond acceptors (Lipinski definition) is 5. The molecule has 3 rings (SSSR count). The Bertz CT molecular complexity index is 1050. The summed E-state index contributed by atoms with van der Waals surface area (Å²) in [6.07, 6.45) is -5.55. The van der Waals surface area contributed by atoms with Crippen molar-refractivity contribution in [3.05, 3.63) is 64.3 Å². The third kappa shape index (κ3) is 5.52. The Morgan fingerprint density at radius 2 is 1.90 bits per heavy atom. The van der Waals surface area contributed by atoms with Gasteiger partial charge < -0.3 is 19.9 Å². The molecule has 0 aliphatic heterocycles. The summed E-state index contributed by atoms with van der Waals surface area (Å²) in [7, 11) is 1.44. The number of amides is 1. The molecule has 10 heteroatoms. The minimum Gasteiger partial charge on any atom is -0.491 e. The number of thiophene rings is 1. The number of carbonyl (C=O) groups is 1. The summed E-state index contributed by atoms with van der Waals surface area (Å²) >= 11 is 1.11. The summed E-state index contributed by atoms with van der Waals surface area (Å²) in [6, 6.07) is 8.61. The van der Waals surface area contributed by atoms with E-state index < -0.39 is 29.6 Å². The second-order valence-corrected chi connectivity index (χ2v) is 7.70. The van der Waals surface area contributed by atoms with E-state index in [1.165, 1.54) is 13.2 Å². The van der Waals surface area contributed by atoms with Crippen LogP contribution in [0.15, 0.2) is 42.5 Å². The van der Waals surface area contributed by atoms with Crippen molar-refractivity contribution < 1.29 is 36.9 Å². The number of nitrogens with one attached hydrogen (secondary N) is 1. The fraction of sp³-hybridized carbons (Fsp3) is 0.286. The molecule has 3 aromatic rings. The van der Waals surface area contributed by atoms with Crippen molar-refractivity contribution in [2.24, 2.45) is 0 Å². The average Bonchev–Trinajstić information content (AvgIpc) is 3.10. The summed E-state index contributed by atoms with van der Waals surface area (Å²) in [5, 5.41) is 12.9. The van der Waals surface area contributed by atoms with Crippen LogP contribution in [0, 0.1) is 5.82 Å². The van der Waals surface area contributed by atoms with E-state index in [1.807, 2.05) is 0 Å². The van der Waals surface area contributed by atoms with Crippen molar-refractivity contribution in [2.75, 3.05) is 20.3 Å². The molecule has 0 bridgehead atoms. The van der Waals surface area contributed by atoms with Crippen LogP contribution in [0.2, 0.25) is 0 Å². The SMILES string of the molecule is COCc1c(C(=O)NCC(O)COc2ccc(C(F)(F)F)cc2)sc2cccc(F)c12. The lowest BCUT2D eigenvalue weighted by Gasteiger charge is -2.14. The topological polar surface area (TPSA) is 67.8 Å². The third-order valence-corrected chi connectivity index (χ3v) is 5.58. The van der Waals surface area contributed by atoms with Gasteiger partial charge in [0.15, 0.2) is 0 Å². The molecule has 1 unspecified atom stereocenters. The first-order chi connectivity index (χ1) is 14.7. The van der Waals surface area contributed by atoms with Crippen LogP contribution in [0.25, 0.3) is 10.1 Å². The van der Waals surface area contributed by atoms with Gasteiger partial charge in [-0.25, -0.2) is 4.39 Å². The molecule has 0 spiro atoms. The van der Waals surface area contributed by atoms with Crippen molar-refractivity contribution >= 4 is 27.3 Å². The van der Waals surface area contributed by atoms with Crippen LogP contribution < -0.4 is 10.1 Å². The lowest BCUT2D eigenvalue weighted by atomic mass is 10.1. The molecule has 0 saturated carbocycles. The summed E-state index contributed by atoms with van der Waals surface area (Å²) < 4.78 is 62.9. The number of rotatable bonds is 8. The second-order valence-electron chi connectivity index (χ2n) is 6.65. The molecule has 1 aromatic heterocycles. The smallest absolute Gasteiger partial charge is 0.416 e. The zero-order valence-corrected chi connectivity index (χ0v) is 17.1. The first-order valence-corrected chi connectivity index (χ1v) is 9.97. The number of fused-ring (bicyclic) bond motifs is 1. The molecule has 5 nitrogen and oxygen atoms in total. The molecule has 0 saturated heterocycles. The monoisotopic (exact) mass is 457 g/mol. The standard InChI is InChI=1S/C21H19F4NO4S/c1-29-11-15-18-16(22)3-2-4-17(18)31-19(15)20(28)26-9-13(27)10-30-14-7-5-12(6-8-14)21(23,24)25/h2-8,13,27H,9-11H2,1H3,(H,26,28). The highest BCUT2D eigenvalue weighted by Crippen LogP contribution is 2.34. The molecule has 0 radical (unpaired) electrons. The van der Waals surface area contributed by atoms with Gasteiger partial charge in [0.2, 0.25) is 0 Å². The molecule has 2 N–H and O–H groups in total. The van der Waals surface area contributed by atoms with Crippen LogP contribution in [0.4, 0.5) is 17.6 Å². The minimum atomic E-state index is -4.44. The summed E-state index contributed by atoms with van der Waals surface area (Å²) in [6.45, 7) is -0.358. The van der Waals surface area contributed by atoms with Crippen LogP contribution >= 0.6 is 11.3 Å². The van der Waals surface area contributed by atoms with Crippen LogP contribution in [0.1, 0.15) is 20.8 Å². The minimum absolute atomic E-state index is 0.0449. The van der Waals surface area contributed by atoms with E-state index in [0.717, 1.165) is 35.6 Å². The first-order valence-electron chi connectivity index (χ1n) is 9.16. The molecule has 1 atom stereocenters. The Kier molecular flexibility index (Phi) is 7.14. The molecule has 1 amide bonds. The number of ether oxygens (including phenoxy) is 2. The zero-order valence-electron chi connectivity index (χ0n) is 16.3. The fourth-order valence-corrected chi connectivity index (χ4v) is 4.05. The quantitative estimate of drug-likeness (QED) is 0.493. The molecular formula is C21H19F4NO4S. The highest BCUT2D eigenvalue weighted by molar-refractivity contribution is 7.21. The normalized spacial score (nSPS) is 12.7. The Morgan fingerprint density at radius 1 is 1.19 bits per heavy atom. The maximum atomic E-state index is 14.2. The van der Waals surface area contributed by atoms with Gasteiger partial charge in [-0.2, -0.15) is 13.2 Å². The molecule has 1 heterocycles. The Morgan fingerprint density at radius 3 is 2.55 bits per heavy atom. The van der Waals surface area contributed by atoms with Gasteiger partial charge >= 0.3 is 6.18 Å². The van der Waals surface area contributed by atoms with E-state index in [0.29, 0.717) is 15.6 Å². The Balaban J connectivity index is 1.59. The van der Waals surface area contributed by atoms with E-state index in [-0.39, 0.29) is 30.4 Å². The molecule has 31 heavy (non-hydrogen) atoms. The number of carbonyl (C=O) groups excluding carboxylic acids is 1. The van der Waals surface area contributed by atoms with E-state index >= 15 is 0 Å². The van der Waals surface area contributed by atoms with Crippen molar-refractivity contribution in [3.8, 4) is 5.75 Å². The van der Waals surface area contributed by atoms with Gasteiger partial charge in [-0.05, 0) is 36.4 Å². The Labute approximate surface area is 179 Å². The second kappa shape index (κ2) is 9.63. The van der Waals surface area contributed by atoms with E-state index in [4.69, 9.17) is 9.47 Å². The molecule has 0 aliphatic rings. The molecule has 166 valence electrons. The predicted molar refractivity (Wildman–Crippen MR) is 108 cm³/mol. The number of aliphatic hydroxyl groups excluding tert-OH is 1. The van der Waals surface area contributed by atoms with Crippen LogP contribution in [0.5, 0.6) is 5.75 Å². The van der Waals surface area contributed by atoms with Gasteiger partial charge in [-0.15, -0.1) is 11.3 Å². The first kappa shape index (κ1) is 23.0. The number of aliphatic hydroxyl groups is 1. The zero-order chi connectivity index (χ0) is 22.6. The van der Waals surface area contributed by atoms with Crippen molar-refractivity contribution in [2.45, 2.75) is 18.9 Å². The highest BCUT2D eigenvalue weighted by atomic mass is 32.1. The maximum Gasteiger partial charge on any atom is 0.416 e. The van der Waals surface area contributed by atoms with E-state index in [9.17, 15) is 27.5 Å². The van der Waals surface area contributed by atoms with Crippen molar-refractivity contribution in [1.82, 2.24) is 5.32 Å². The van der Waals surface area contributed by atoms with Crippen molar-refractivity contribution in [1.29, 1.82) is 0 Å². The Hall–Kier alpha value is -2.69. The van der Waals surface area contributed by atoms with Gasteiger partial charge in [0.25, 0.3) is 5.91 Å². The predicted octanol–water partition coefficient (Wildman–Crippen LogP) is 4.38. The summed E-state index contributed by atoms with van der Waals surface area (Å²) in [5.74, 6) is -0.799. The van der Waals surface area contributed by atoms with E-state index in [2.05, 4.69) is 5.32 Å². The van der Waals surface area contributed by atoms with Crippen LogP contribution in [-0.2, 0) is 17.5 Å². The fourth-order valence-electron chi connectivity index (χ4n) is 2.92. The summed E-state index contributed by atoms with van der Waals surface area (Å²) in [4.78, 5) is 12.9. The number of benzene rings is 2. The van der Waals surface area contributed by atoms with Crippen LogP contribution in [0.3, 0.4) is 0 Å². The molecule has 0 fully saturated rings. The lowest BCUT2D eigenvalue weighted by molar-refractivity contribution is -0.137. The van der Waals surface area contributed by atoms with Gasteiger partial charge in [-0.3, -0.25) is 4.79 Å². The number of hydrogen-bond donors (Lipinski definition) is 2. The largest absolute Gasteiger partial charge is 0.491 e. The number of methoxy groups -OCH3 is 1.